The number of halogens is 1. The second kappa shape index (κ2) is 7.04. The minimum absolute atomic E-state index is 0.113. The summed E-state index contributed by atoms with van der Waals surface area (Å²) in [6.45, 7) is 4.51. The van der Waals surface area contributed by atoms with Crippen molar-refractivity contribution >= 4 is 15.9 Å². The zero-order valence-electron chi connectivity index (χ0n) is 12.6. The molecule has 1 unspecified atom stereocenters. The van der Waals surface area contributed by atoms with Gasteiger partial charge in [0.05, 0.1) is 22.1 Å². The molecule has 0 aliphatic rings. The highest BCUT2D eigenvalue weighted by molar-refractivity contribution is 9.10. The fraction of sp³-hybridized carbons (Fsp3) is 0.467. The Labute approximate surface area is 133 Å². The van der Waals surface area contributed by atoms with Crippen LogP contribution in [0.4, 0.5) is 0 Å². The van der Waals surface area contributed by atoms with Gasteiger partial charge in [0.15, 0.2) is 0 Å². The third kappa shape index (κ3) is 4.04. The third-order valence-electron chi connectivity index (χ3n) is 3.21. The lowest BCUT2D eigenvalue weighted by molar-refractivity contribution is 0.292. The monoisotopic (exact) mass is 352 g/mol. The molecule has 21 heavy (non-hydrogen) atoms. The quantitative estimate of drug-likeness (QED) is 0.867. The van der Waals surface area contributed by atoms with Crippen LogP contribution >= 0.6 is 15.9 Å². The Kier molecular flexibility index (Phi) is 5.36. The molecule has 0 amide bonds. The van der Waals surface area contributed by atoms with Gasteiger partial charge >= 0.3 is 0 Å². The second-order valence-corrected chi connectivity index (χ2v) is 5.93. The normalized spacial score (nSPS) is 12.4. The van der Waals surface area contributed by atoms with E-state index < -0.39 is 0 Å². The summed E-state index contributed by atoms with van der Waals surface area (Å²) in [4.78, 5) is 4.36. The van der Waals surface area contributed by atoms with E-state index in [4.69, 9.17) is 10.5 Å². The van der Waals surface area contributed by atoms with Gasteiger partial charge in [-0.15, -0.1) is 0 Å². The number of pyridine rings is 1. The molecular weight excluding hydrogens is 332 g/mol. The van der Waals surface area contributed by atoms with Crippen LogP contribution in [0, 0.1) is 0 Å². The summed E-state index contributed by atoms with van der Waals surface area (Å²) in [6.07, 6.45) is 3.40. The average molecular weight is 353 g/mol. The molecule has 5 nitrogen and oxygen atoms in total. The molecule has 6 heteroatoms. The van der Waals surface area contributed by atoms with Crippen molar-refractivity contribution in [3.05, 3.63) is 39.9 Å². The number of hydrogen-bond acceptors (Lipinski definition) is 4. The number of rotatable bonds is 6. The van der Waals surface area contributed by atoms with E-state index in [0.29, 0.717) is 6.61 Å². The van der Waals surface area contributed by atoms with Crippen LogP contribution in [0.1, 0.15) is 30.9 Å². The van der Waals surface area contributed by atoms with Gasteiger partial charge in [0.1, 0.15) is 12.4 Å². The molecule has 2 aromatic rings. The highest BCUT2D eigenvalue weighted by Crippen LogP contribution is 2.23. The Bertz CT molecular complexity index is 592. The summed E-state index contributed by atoms with van der Waals surface area (Å²) in [7, 11) is 1.92. The van der Waals surface area contributed by atoms with Crippen molar-refractivity contribution in [2.45, 2.75) is 39.3 Å². The number of aryl methyl sites for hydroxylation is 2. The highest BCUT2D eigenvalue weighted by atomic mass is 79.9. The number of nitrogens with two attached hydrogens (primary N) is 1. The molecule has 0 spiro atoms. The molecule has 2 rings (SSSR count). The molecule has 0 aromatic carbocycles. The van der Waals surface area contributed by atoms with Crippen LogP contribution < -0.4 is 10.5 Å². The lowest BCUT2D eigenvalue weighted by Crippen LogP contribution is -2.18. The van der Waals surface area contributed by atoms with Crippen molar-refractivity contribution in [1.82, 2.24) is 14.8 Å². The lowest BCUT2D eigenvalue weighted by Gasteiger charge is -2.08. The van der Waals surface area contributed by atoms with Crippen LogP contribution in [-0.2, 0) is 26.5 Å². The van der Waals surface area contributed by atoms with Crippen LogP contribution in [0.3, 0.4) is 0 Å². The Morgan fingerprint density at radius 2 is 2.19 bits per heavy atom. The van der Waals surface area contributed by atoms with Crippen LogP contribution in [0.25, 0.3) is 0 Å². The standard InChI is InChI=1S/C15H21BrN4O/c1-4-13-15(16)14(20(3)19-13)9-21-12-6-5-11(18-8-12)7-10(2)17/h5-6,8,10H,4,7,9,17H2,1-3H3. The Hall–Kier alpha value is -1.40. The van der Waals surface area contributed by atoms with Crippen LogP contribution in [0.15, 0.2) is 22.8 Å². The Morgan fingerprint density at radius 1 is 1.43 bits per heavy atom. The van der Waals surface area contributed by atoms with Gasteiger partial charge in [0, 0.05) is 25.2 Å². The van der Waals surface area contributed by atoms with Gasteiger partial charge in [-0.05, 0) is 41.4 Å². The molecule has 2 N–H and O–H groups in total. The molecule has 1 atom stereocenters. The molecule has 114 valence electrons. The van der Waals surface area contributed by atoms with Gasteiger partial charge in [0.25, 0.3) is 0 Å². The first kappa shape index (κ1) is 16.0. The minimum atomic E-state index is 0.113. The third-order valence-corrected chi connectivity index (χ3v) is 4.12. The van der Waals surface area contributed by atoms with E-state index in [0.717, 1.165) is 40.1 Å². The second-order valence-electron chi connectivity index (χ2n) is 5.14. The van der Waals surface area contributed by atoms with Crippen LogP contribution in [0.2, 0.25) is 0 Å². The first-order valence-electron chi connectivity index (χ1n) is 7.04. The van der Waals surface area contributed by atoms with Crippen LogP contribution in [-0.4, -0.2) is 20.8 Å². The van der Waals surface area contributed by atoms with Crippen molar-refractivity contribution in [2.75, 3.05) is 0 Å². The fourth-order valence-electron chi connectivity index (χ4n) is 2.08. The fourth-order valence-corrected chi connectivity index (χ4v) is 2.81. The largest absolute Gasteiger partial charge is 0.486 e. The zero-order chi connectivity index (χ0) is 15.4. The van der Waals surface area contributed by atoms with Gasteiger partial charge in [-0.25, -0.2) is 0 Å². The molecule has 0 saturated heterocycles. The van der Waals surface area contributed by atoms with Gasteiger partial charge in [0.2, 0.25) is 0 Å². The van der Waals surface area contributed by atoms with E-state index in [1.807, 2.05) is 30.8 Å². The van der Waals surface area contributed by atoms with Crippen molar-refractivity contribution in [2.24, 2.45) is 12.8 Å². The van der Waals surface area contributed by atoms with E-state index in [2.05, 4.69) is 32.9 Å². The first-order chi connectivity index (χ1) is 10.0. The maximum absolute atomic E-state index is 5.79. The van der Waals surface area contributed by atoms with Crippen molar-refractivity contribution in [3.63, 3.8) is 0 Å². The number of nitrogens with zero attached hydrogens (tertiary/aromatic N) is 3. The van der Waals surface area contributed by atoms with E-state index in [-0.39, 0.29) is 6.04 Å². The summed E-state index contributed by atoms with van der Waals surface area (Å²) in [5, 5.41) is 4.45. The molecular formula is C15H21BrN4O. The molecule has 0 aliphatic carbocycles. The van der Waals surface area contributed by atoms with Gasteiger partial charge in [-0.2, -0.15) is 5.10 Å². The minimum Gasteiger partial charge on any atom is -0.486 e. The number of aromatic nitrogens is 3. The average Bonchev–Trinajstić information content (AvgIpc) is 2.72. The molecule has 0 radical (unpaired) electrons. The Balaban J connectivity index is 2.01. The smallest absolute Gasteiger partial charge is 0.138 e. The molecule has 0 bridgehead atoms. The highest BCUT2D eigenvalue weighted by Gasteiger charge is 2.13. The SMILES string of the molecule is CCc1nn(C)c(COc2ccc(CC(C)N)nc2)c1Br. The van der Waals surface area contributed by atoms with Crippen molar-refractivity contribution < 1.29 is 4.74 Å². The van der Waals surface area contributed by atoms with Gasteiger partial charge in [-0.3, -0.25) is 9.67 Å². The van der Waals surface area contributed by atoms with Crippen molar-refractivity contribution in [1.29, 1.82) is 0 Å². The molecule has 0 aliphatic heterocycles. The molecule has 2 aromatic heterocycles. The van der Waals surface area contributed by atoms with Gasteiger partial charge < -0.3 is 10.5 Å². The summed E-state index contributed by atoms with van der Waals surface area (Å²) >= 11 is 3.58. The zero-order valence-corrected chi connectivity index (χ0v) is 14.2. The first-order valence-corrected chi connectivity index (χ1v) is 7.84. The van der Waals surface area contributed by atoms with Gasteiger partial charge in [-0.1, -0.05) is 6.92 Å². The molecule has 0 fully saturated rings. The predicted molar refractivity (Wildman–Crippen MR) is 86.2 cm³/mol. The predicted octanol–water partition coefficient (Wildman–Crippen LogP) is 2.61. The molecule has 2 heterocycles. The van der Waals surface area contributed by atoms with E-state index in [9.17, 15) is 0 Å². The van der Waals surface area contributed by atoms with E-state index in [1.165, 1.54) is 0 Å². The van der Waals surface area contributed by atoms with E-state index in [1.54, 1.807) is 6.20 Å². The summed E-state index contributed by atoms with van der Waals surface area (Å²) in [6, 6.07) is 3.99. The topological polar surface area (TPSA) is 66.0 Å². The summed E-state index contributed by atoms with van der Waals surface area (Å²) < 4.78 is 8.66. The summed E-state index contributed by atoms with van der Waals surface area (Å²) in [5.74, 6) is 0.745. The van der Waals surface area contributed by atoms with Crippen LogP contribution in [0.5, 0.6) is 5.75 Å². The van der Waals surface area contributed by atoms with Crippen molar-refractivity contribution in [3.8, 4) is 5.75 Å². The molecule has 0 saturated carbocycles. The maximum Gasteiger partial charge on any atom is 0.138 e. The number of hydrogen-bond donors (Lipinski definition) is 1. The number of ether oxygens (including phenoxy) is 1. The van der Waals surface area contributed by atoms with E-state index >= 15 is 0 Å². The lowest BCUT2D eigenvalue weighted by atomic mass is 10.2. The Morgan fingerprint density at radius 3 is 2.71 bits per heavy atom. The maximum atomic E-state index is 5.79. The summed E-state index contributed by atoms with van der Waals surface area (Å²) in [5.41, 5.74) is 8.80.